The van der Waals surface area contributed by atoms with Crippen LogP contribution >= 0.6 is 23.2 Å². The van der Waals surface area contributed by atoms with E-state index >= 15 is 0 Å². The monoisotopic (exact) mass is 214 g/mol. The second-order valence-electron chi connectivity index (χ2n) is 3.20. The highest BCUT2D eigenvalue weighted by Gasteiger charge is 2.19. The summed E-state index contributed by atoms with van der Waals surface area (Å²) in [6, 6.07) is 3.54. The summed E-state index contributed by atoms with van der Waals surface area (Å²) in [7, 11) is 0. The molecule has 0 radical (unpaired) electrons. The third-order valence-electron chi connectivity index (χ3n) is 2.34. The number of hydrogen-bond acceptors (Lipinski definition) is 1. The molecule has 1 aliphatic carbocycles. The van der Waals surface area contributed by atoms with Crippen molar-refractivity contribution in [1.29, 1.82) is 0 Å². The van der Waals surface area contributed by atoms with Gasteiger partial charge in [0.2, 0.25) is 0 Å². The van der Waals surface area contributed by atoms with Crippen LogP contribution < -0.4 is 0 Å². The molecule has 0 amide bonds. The maximum atomic E-state index is 11.2. The van der Waals surface area contributed by atoms with Gasteiger partial charge in [0.15, 0.2) is 0 Å². The smallest absolute Gasteiger partial charge is 0.137 e. The fraction of sp³-hybridized carbons (Fsp3) is 0.300. The van der Waals surface area contributed by atoms with Crippen molar-refractivity contribution in [1.82, 2.24) is 0 Å². The van der Waals surface area contributed by atoms with E-state index in [1.165, 1.54) is 0 Å². The molecule has 1 aliphatic rings. The Hall–Kier alpha value is -0.530. The topological polar surface area (TPSA) is 17.1 Å². The molecule has 0 saturated heterocycles. The first-order valence-electron chi connectivity index (χ1n) is 4.16. The van der Waals surface area contributed by atoms with Gasteiger partial charge in [0.1, 0.15) is 5.78 Å². The zero-order valence-electron chi connectivity index (χ0n) is 6.94. The van der Waals surface area contributed by atoms with Gasteiger partial charge < -0.3 is 0 Å². The Bertz CT molecular complexity index is 371. The summed E-state index contributed by atoms with van der Waals surface area (Å²) >= 11 is 12.0. The molecule has 0 unspecified atom stereocenters. The van der Waals surface area contributed by atoms with Gasteiger partial charge in [-0.05, 0) is 29.7 Å². The highest BCUT2D eigenvalue weighted by molar-refractivity contribution is 6.34. The van der Waals surface area contributed by atoms with E-state index in [2.05, 4.69) is 0 Å². The molecule has 1 nitrogen and oxygen atoms in total. The van der Waals surface area contributed by atoms with Crippen LogP contribution in [0.25, 0.3) is 0 Å². The van der Waals surface area contributed by atoms with Crippen LogP contribution in [-0.4, -0.2) is 5.78 Å². The van der Waals surface area contributed by atoms with Crippen LogP contribution in [0.2, 0.25) is 10.0 Å². The Labute approximate surface area is 86.7 Å². The summed E-state index contributed by atoms with van der Waals surface area (Å²) in [4.78, 5) is 11.2. The van der Waals surface area contributed by atoms with Crippen molar-refractivity contribution in [3.8, 4) is 0 Å². The predicted octanol–water partition coefficient (Wildman–Crippen LogP) is 3.05. The van der Waals surface area contributed by atoms with Crippen LogP contribution in [0.15, 0.2) is 12.1 Å². The number of Topliss-reactive ketones (excluding diaryl/α,β-unsaturated/α-hetero) is 1. The minimum atomic E-state index is 0.247. The van der Waals surface area contributed by atoms with Crippen LogP contribution in [0.1, 0.15) is 17.5 Å². The average Bonchev–Trinajstić information content (AvgIpc) is 2.12. The lowest BCUT2D eigenvalue weighted by Gasteiger charge is -2.17. The first-order chi connectivity index (χ1) is 6.18. The molecule has 0 fully saturated rings. The van der Waals surface area contributed by atoms with E-state index in [0.717, 1.165) is 22.6 Å². The van der Waals surface area contributed by atoms with Crippen LogP contribution in [0.5, 0.6) is 0 Å². The van der Waals surface area contributed by atoms with Crippen LogP contribution in [0.4, 0.5) is 0 Å². The number of benzene rings is 1. The van der Waals surface area contributed by atoms with Crippen molar-refractivity contribution in [2.75, 3.05) is 0 Å². The van der Waals surface area contributed by atoms with E-state index in [1.54, 1.807) is 12.1 Å². The van der Waals surface area contributed by atoms with Gasteiger partial charge >= 0.3 is 0 Å². The molecule has 0 aromatic heterocycles. The molecule has 0 bridgehead atoms. The molecule has 3 heteroatoms. The zero-order valence-corrected chi connectivity index (χ0v) is 8.45. The minimum absolute atomic E-state index is 0.247. The van der Waals surface area contributed by atoms with Gasteiger partial charge in [0.05, 0.1) is 0 Å². The number of hydrogen-bond donors (Lipinski definition) is 0. The number of fused-ring (bicyclic) bond motifs is 1. The van der Waals surface area contributed by atoms with Crippen molar-refractivity contribution in [3.05, 3.63) is 33.3 Å². The minimum Gasteiger partial charge on any atom is -0.299 e. The van der Waals surface area contributed by atoms with Crippen molar-refractivity contribution >= 4 is 29.0 Å². The largest absolute Gasteiger partial charge is 0.299 e. The lowest BCUT2D eigenvalue weighted by atomic mass is 9.91. The molecular formula is C10H8Cl2O. The highest BCUT2D eigenvalue weighted by Crippen LogP contribution is 2.31. The Morgan fingerprint density at radius 3 is 2.31 bits per heavy atom. The average molecular weight is 215 g/mol. The Morgan fingerprint density at radius 2 is 1.62 bits per heavy atom. The number of halogens is 2. The van der Waals surface area contributed by atoms with E-state index in [-0.39, 0.29) is 5.78 Å². The Balaban J connectivity index is 2.57. The van der Waals surface area contributed by atoms with E-state index in [0.29, 0.717) is 17.9 Å². The molecule has 0 atom stereocenters. The quantitative estimate of drug-likeness (QED) is 0.649. The lowest BCUT2D eigenvalue weighted by molar-refractivity contribution is -0.118. The molecule has 68 valence electrons. The molecule has 1 aromatic rings. The molecule has 2 rings (SSSR count). The number of carbonyl (C=O) groups is 1. The normalized spacial score (nSPS) is 15.7. The summed E-state index contributed by atoms with van der Waals surface area (Å²) in [5, 5.41) is 1.39. The SMILES string of the molecule is O=C1CCc2c(Cl)ccc(Cl)c2C1. The Morgan fingerprint density at radius 1 is 1.00 bits per heavy atom. The van der Waals surface area contributed by atoms with Crippen LogP contribution in [0.3, 0.4) is 0 Å². The fourth-order valence-corrected chi connectivity index (χ4v) is 2.16. The van der Waals surface area contributed by atoms with Crippen molar-refractivity contribution < 1.29 is 4.79 Å². The summed E-state index contributed by atoms with van der Waals surface area (Å²) in [6.07, 6.45) is 1.76. The molecule has 13 heavy (non-hydrogen) atoms. The summed E-state index contributed by atoms with van der Waals surface area (Å²) < 4.78 is 0. The summed E-state index contributed by atoms with van der Waals surface area (Å²) in [5.41, 5.74) is 1.97. The predicted molar refractivity (Wildman–Crippen MR) is 53.5 cm³/mol. The molecule has 0 spiro atoms. The molecule has 0 saturated carbocycles. The molecule has 0 heterocycles. The van der Waals surface area contributed by atoms with Crippen molar-refractivity contribution in [3.63, 3.8) is 0 Å². The molecule has 1 aromatic carbocycles. The maximum Gasteiger partial charge on any atom is 0.137 e. The lowest BCUT2D eigenvalue weighted by Crippen LogP contribution is -2.14. The molecule has 0 N–H and O–H groups in total. The van der Waals surface area contributed by atoms with Crippen molar-refractivity contribution in [2.24, 2.45) is 0 Å². The highest BCUT2D eigenvalue weighted by atomic mass is 35.5. The van der Waals surface area contributed by atoms with E-state index < -0.39 is 0 Å². The van der Waals surface area contributed by atoms with Crippen LogP contribution in [0, 0.1) is 0 Å². The zero-order chi connectivity index (χ0) is 9.42. The summed E-state index contributed by atoms with van der Waals surface area (Å²) in [6.45, 7) is 0. The van der Waals surface area contributed by atoms with E-state index in [4.69, 9.17) is 23.2 Å². The summed E-state index contributed by atoms with van der Waals surface area (Å²) in [5.74, 6) is 0.247. The van der Waals surface area contributed by atoms with Gasteiger partial charge in [-0.15, -0.1) is 0 Å². The second-order valence-corrected chi connectivity index (χ2v) is 4.02. The fourth-order valence-electron chi connectivity index (χ4n) is 1.65. The second kappa shape index (κ2) is 3.32. The van der Waals surface area contributed by atoms with Gasteiger partial charge in [0.25, 0.3) is 0 Å². The molecule has 0 aliphatic heterocycles. The molecular weight excluding hydrogens is 207 g/mol. The van der Waals surface area contributed by atoms with Gasteiger partial charge in [-0.2, -0.15) is 0 Å². The first kappa shape index (κ1) is 9.04. The van der Waals surface area contributed by atoms with E-state index in [1.807, 2.05) is 0 Å². The van der Waals surface area contributed by atoms with Gasteiger partial charge in [0, 0.05) is 22.9 Å². The van der Waals surface area contributed by atoms with Gasteiger partial charge in [-0.25, -0.2) is 0 Å². The standard InChI is InChI=1S/C10H8Cl2O/c11-9-3-4-10(12)8-5-6(13)1-2-7(8)9/h3-4H,1-2,5H2. The third-order valence-corrected chi connectivity index (χ3v) is 3.05. The Kier molecular flexibility index (Phi) is 2.31. The number of carbonyl (C=O) groups excluding carboxylic acids is 1. The maximum absolute atomic E-state index is 11.2. The third kappa shape index (κ3) is 1.59. The van der Waals surface area contributed by atoms with E-state index in [9.17, 15) is 4.79 Å². The van der Waals surface area contributed by atoms with Crippen molar-refractivity contribution in [2.45, 2.75) is 19.3 Å². The number of ketones is 1. The van der Waals surface area contributed by atoms with Gasteiger partial charge in [-0.3, -0.25) is 4.79 Å². The number of rotatable bonds is 0. The first-order valence-corrected chi connectivity index (χ1v) is 4.91. The van der Waals surface area contributed by atoms with Crippen LogP contribution in [-0.2, 0) is 17.6 Å². The van der Waals surface area contributed by atoms with Gasteiger partial charge in [-0.1, -0.05) is 23.2 Å².